The van der Waals surface area contributed by atoms with Gasteiger partial charge >= 0.3 is 0 Å². The van der Waals surface area contributed by atoms with Crippen LogP contribution in [0.15, 0.2) is 53.1 Å². The Balaban J connectivity index is 0.00000280. The van der Waals surface area contributed by atoms with Gasteiger partial charge in [-0.05, 0) is 49.2 Å². The molecule has 0 spiro atoms. The number of nitrogens with one attached hydrogen (secondary N) is 1. The van der Waals surface area contributed by atoms with Gasteiger partial charge in [-0.2, -0.15) is 4.98 Å². The molecule has 0 bridgehead atoms. The molecule has 28 heavy (non-hydrogen) atoms. The predicted molar refractivity (Wildman–Crippen MR) is 111 cm³/mol. The van der Waals surface area contributed by atoms with E-state index in [1.807, 2.05) is 61.2 Å². The van der Waals surface area contributed by atoms with Gasteiger partial charge in [-0.1, -0.05) is 29.4 Å². The minimum absolute atomic E-state index is 0. The fourth-order valence-corrected chi connectivity index (χ4v) is 2.88. The van der Waals surface area contributed by atoms with Crippen LogP contribution in [-0.4, -0.2) is 22.6 Å². The van der Waals surface area contributed by atoms with Crippen LogP contribution < -0.4 is 16.0 Å². The summed E-state index contributed by atoms with van der Waals surface area (Å²) in [6, 6.07) is 15.5. The molecular weight excluding hydrogens is 378 g/mol. The molecule has 0 unspecified atom stereocenters. The summed E-state index contributed by atoms with van der Waals surface area (Å²) < 4.78 is 5.09. The van der Waals surface area contributed by atoms with E-state index in [0.717, 1.165) is 22.5 Å². The average molecular weight is 402 g/mol. The molecular formula is C20H24ClN5O2. The van der Waals surface area contributed by atoms with Crippen molar-refractivity contribution >= 4 is 29.7 Å². The number of aromatic nitrogens is 2. The Morgan fingerprint density at radius 1 is 1.14 bits per heavy atom. The second-order valence-electron chi connectivity index (χ2n) is 6.42. The number of nitrogens with two attached hydrogens (primary N) is 1. The number of halogens is 1. The molecule has 1 amide bonds. The molecule has 3 aromatic rings. The van der Waals surface area contributed by atoms with E-state index in [4.69, 9.17) is 10.3 Å². The minimum Gasteiger partial charge on any atom is -0.355 e. The van der Waals surface area contributed by atoms with E-state index in [-0.39, 0.29) is 31.4 Å². The molecule has 0 aliphatic carbocycles. The monoisotopic (exact) mass is 401 g/mol. The standard InChI is InChI=1S/C20H23N5O2.ClH/c1-14-8-15(2)10-17(9-14)25(12-18-23-20(11-21)27-24-18)13-19(26)22-16-6-4-3-5-7-16;/h3-10H,11-13,21H2,1-2H3,(H,22,26);1H. The molecule has 3 rings (SSSR count). The molecule has 1 aromatic heterocycles. The summed E-state index contributed by atoms with van der Waals surface area (Å²) in [6.07, 6.45) is 0. The lowest BCUT2D eigenvalue weighted by molar-refractivity contribution is -0.115. The predicted octanol–water partition coefficient (Wildman–Crippen LogP) is 3.21. The molecule has 2 aromatic carbocycles. The van der Waals surface area contributed by atoms with Crippen LogP contribution >= 0.6 is 12.4 Å². The summed E-state index contributed by atoms with van der Waals surface area (Å²) in [5.74, 6) is 0.740. The highest BCUT2D eigenvalue weighted by Crippen LogP contribution is 2.20. The van der Waals surface area contributed by atoms with Gasteiger partial charge in [0.2, 0.25) is 11.8 Å². The van der Waals surface area contributed by atoms with Gasteiger partial charge in [0.1, 0.15) is 0 Å². The second-order valence-corrected chi connectivity index (χ2v) is 6.42. The number of benzene rings is 2. The Morgan fingerprint density at radius 2 is 1.82 bits per heavy atom. The number of nitrogens with zero attached hydrogens (tertiary/aromatic N) is 3. The fourth-order valence-electron chi connectivity index (χ4n) is 2.88. The first-order valence-corrected chi connectivity index (χ1v) is 8.73. The van der Waals surface area contributed by atoms with Crippen LogP contribution in [0.25, 0.3) is 0 Å². The van der Waals surface area contributed by atoms with Crippen molar-refractivity contribution in [2.75, 3.05) is 16.8 Å². The highest BCUT2D eigenvalue weighted by molar-refractivity contribution is 5.94. The van der Waals surface area contributed by atoms with Crippen LogP contribution in [0.4, 0.5) is 11.4 Å². The zero-order valence-electron chi connectivity index (χ0n) is 15.9. The van der Waals surface area contributed by atoms with Crippen molar-refractivity contribution in [2.45, 2.75) is 26.9 Å². The van der Waals surface area contributed by atoms with Crippen molar-refractivity contribution < 1.29 is 9.32 Å². The molecule has 0 aliphatic heterocycles. The number of rotatable bonds is 7. The summed E-state index contributed by atoms with van der Waals surface area (Å²) >= 11 is 0. The maximum atomic E-state index is 12.6. The highest BCUT2D eigenvalue weighted by Gasteiger charge is 2.16. The largest absolute Gasteiger partial charge is 0.355 e. The van der Waals surface area contributed by atoms with Gasteiger partial charge in [0.15, 0.2) is 5.82 Å². The number of amides is 1. The van der Waals surface area contributed by atoms with E-state index in [0.29, 0.717) is 18.3 Å². The molecule has 0 atom stereocenters. The Bertz CT molecular complexity index is 894. The van der Waals surface area contributed by atoms with E-state index in [9.17, 15) is 4.79 Å². The highest BCUT2D eigenvalue weighted by atomic mass is 35.5. The van der Waals surface area contributed by atoms with E-state index in [1.165, 1.54) is 0 Å². The fraction of sp³-hybridized carbons (Fsp3) is 0.250. The molecule has 0 radical (unpaired) electrons. The van der Waals surface area contributed by atoms with Crippen LogP contribution in [0, 0.1) is 13.8 Å². The zero-order chi connectivity index (χ0) is 19.2. The van der Waals surface area contributed by atoms with E-state index in [2.05, 4.69) is 21.5 Å². The third-order valence-electron chi connectivity index (χ3n) is 3.98. The lowest BCUT2D eigenvalue weighted by Gasteiger charge is -2.23. The quantitative estimate of drug-likeness (QED) is 0.630. The van der Waals surface area contributed by atoms with Crippen molar-refractivity contribution in [1.82, 2.24) is 10.1 Å². The van der Waals surface area contributed by atoms with Crippen molar-refractivity contribution in [3.05, 3.63) is 71.4 Å². The number of anilines is 2. The number of hydrogen-bond donors (Lipinski definition) is 2. The smallest absolute Gasteiger partial charge is 0.243 e. The molecule has 0 saturated carbocycles. The number of carbonyl (C=O) groups is 1. The first-order chi connectivity index (χ1) is 13.0. The summed E-state index contributed by atoms with van der Waals surface area (Å²) in [4.78, 5) is 18.8. The molecule has 0 saturated heterocycles. The Hall–Kier alpha value is -2.90. The average Bonchev–Trinajstić information content (AvgIpc) is 3.09. The van der Waals surface area contributed by atoms with Crippen molar-refractivity contribution in [3.63, 3.8) is 0 Å². The Kier molecular flexibility index (Phi) is 7.54. The van der Waals surface area contributed by atoms with Gasteiger partial charge in [0.25, 0.3) is 0 Å². The first kappa shape index (κ1) is 21.4. The number of aryl methyl sites for hydroxylation is 2. The molecule has 3 N–H and O–H groups in total. The van der Waals surface area contributed by atoms with E-state index < -0.39 is 0 Å². The summed E-state index contributed by atoms with van der Waals surface area (Å²) in [5, 5.41) is 6.86. The van der Waals surface area contributed by atoms with Crippen LogP contribution in [0.1, 0.15) is 22.8 Å². The maximum absolute atomic E-state index is 12.6. The summed E-state index contributed by atoms with van der Waals surface area (Å²) in [6.45, 7) is 4.74. The van der Waals surface area contributed by atoms with Gasteiger partial charge < -0.3 is 20.5 Å². The summed E-state index contributed by atoms with van der Waals surface area (Å²) in [5.41, 5.74) is 9.46. The molecule has 7 nitrogen and oxygen atoms in total. The number of para-hydroxylation sites is 1. The van der Waals surface area contributed by atoms with Crippen molar-refractivity contribution in [2.24, 2.45) is 5.73 Å². The van der Waals surface area contributed by atoms with E-state index in [1.54, 1.807) is 0 Å². The third kappa shape index (κ3) is 5.80. The van der Waals surface area contributed by atoms with Crippen LogP contribution in [0.2, 0.25) is 0 Å². The zero-order valence-corrected chi connectivity index (χ0v) is 16.7. The van der Waals surface area contributed by atoms with Crippen molar-refractivity contribution in [1.29, 1.82) is 0 Å². The van der Waals surface area contributed by atoms with Crippen molar-refractivity contribution in [3.8, 4) is 0 Å². The molecule has 1 heterocycles. The van der Waals surface area contributed by atoms with Crippen LogP contribution in [0.3, 0.4) is 0 Å². The molecule has 0 fully saturated rings. The lowest BCUT2D eigenvalue weighted by Crippen LogP contribution is -2.33. The minimum atomic E-state index is -0.122. The van der Waals surface area contributed by atoms with Gasteiger partial charge in [0, 0.05) is 11.4 Å². The molecule has 8 heteroatoms. The second kappa shape index (κ2) is 9.87. The Morgan fingerprint density at radius 3 is 2.43 bits per heavy atom. The SMILES string of the molecule is Cc1cc(C)cc(N(CC(=O)Nc2ccccc2)Cc2noc(CN)n2)c1.Cl. The number of hydrogen-bond acceptors (Lipinski definition) is 6. The van der Waals surface area contributed by atoms with E-state index >= 15 is 0 Å². The molecule has 148 valence electrons. The number of carbonyl (C=O) groups excluding carboxylic acids is 1. The lowest BCUT2D eigenvalue weighted by atomic mass is 10.1. The van der Waals surface area contributed by atoms with Gasteiger partial charge in [-0.25, -0.2) is 0 Å². The Labute approximate surface area is 170 Å². The van der Waals surface area contributed by atoms with Crippen LogP contribution in [0.5, 0.6) is 0 Å². The van der Waals surface area contributed by atoms with Gasteiger partial charge in [0.05, 0.1) is 19.6 Å². The maximum Gasteiger partial charge on any atom is 0.243 e. The van der Waals surface area contributed by atoms with Crippen LogP contribution in [-0.2, 0) is 17.9 Å². The third-order valence-corrected chi connectivity index (χ3v) is 3.98. The topological polar surface area (TPSA) is 97.3 Å². The van der Waals surface area contributed by atoms with Gasteiger partial charge in [-0.3, -0.25) is 4.79 Å². The normalized spacial score (nSPS) is 10.2. The molecule has 0 aliphatic rings. The van der Waals surface area contributed by atoms with Gasteiger partial charge in [-0.15, -0.1) is 12.4 Å². The first-order valence-electron chi connectivity index (χ1n) is 8.73. The summed E-state index contributed by atoms with van der Waals surface area (Å²) in [7, 11) is 0.